The molecule has 0 spiro atoms. The van der Waals surface area contributed by atoms with Gasteiger partial charge in [-0.15, -0.1) is 0 Å². The number of benzene rings is 2. The molecule has 0 saturated carbocycles. The second kappa shape index (κ2) is 4.00. The van der Waals surface area contributed by atoms with Crippen LogP contribution in [0.15, 0.2) is 51.5 Å². The van der Waals surface area contributed by atoms with Gasteiger partial charge in [0, 0.05) is 15.4 Å². The molecule has 3 rings (SSSR count). The van der Waals surface area contributed by atoms with Gasteiger partial charge in [-0.3, -0.25) is 0 Å². The van der Waals surface area contributed by atoms with Crippen LogP contribution in [0.5, 0.6) is 0 Å². The van der Waals surface area contributed by atoms with E-state index in [2.05, 4.69) is 34.1 Å². The third kappa shape index (κ3) is 1.87. The summed E-state index contributed by atoms with van der Waals surface area (Å²) in [7, 11) is 0. The molecule has 2 nitrogen and oxygen atoms in total. The van der Waals surface area contributed by atoms with E-state index in [1.807, 2.05) is 36.4 Å². The normalized spacial score (nSPS) is 10.9. The molecule has 0 atom stereocenters. The number of aromatic nitrogens is 1. The number of hydrogen-bond acceptors (Lipinski definition) is 2. The fourth-order valence-electron chi connectivity index (χ4n) is 1.87. The summed E-state index contributed by atoms with van der Waals surface area (Å²) in [5, 5.41) is 5.21. The Labute approximate surface area is 107 Å². The highest BCUT2D eigenvalue weighted by molar-refractivity contribution is 9.10. The Morgan fingerprint density at radius 3 is 2.59 bits per heavy atom. The zero-order valence-electron chi connectivity index (χ0n) is 9.27. The van der Waals surface area contributed by atoms with E-state index in [1.165, 1.54) is 5.56 Å². The Kier molecular flexibility index (Phi) is 2.48. The van der Waals surface area contributed by atoms with E-state index >= 15 is 0 Å². The van der Waals surface area contributed by atoms with Gasteiger partial charge in [0.1, 0.15) is 5.69 Å². The lowest BCUT2D eigenvalue weighted by Crippen LogP contribution is -1.78. The number of fused-ring (bicyclic) bond motifs is 1. The van der Waals surface area contributed by atoms with Crippen molar-refractivity contribution in [2.75, 3.05) is 0 Å². The van der Waals surface area contributed by atoms with Crippen molar-refractivity contribution < 1.29 is 4.52 Å². The van der Waals surface area contributed by atoms with Gasteiger partial charge in [0.25, 0.3) is 0 Å². The molecule has 0 radical (unpaired) electrons. The Hall–Kier alpha value is -1.61. The summed E-state index contributed by atoms with van der Waals surface area (Å²) >= 11 is 3.43. The zero-order chi connectivity index (χ0) is 11.8. The van der Waals surface area contributed by atoms with Gasteiger partial charge in [0.15, 0.2) is 5.58 Å². The van der Waals surface area contributed by atoms with Crippen molar-refractivity contribution in [1.82, 2.24) is 5.16 Å². The van der Waals surface area contributed by atoms with Crippen molar-refractivity contribution in [3.05, 3.63) is 52.5 Å². The van der Waals surface area contributed by atoms with Crippen LogP contribution in [0.2, 0.25) is 0 Å². The van der Waals surface area contributed by atoms with Crippen LogP contribution in [0, 0.1) is 6.92 Å². The maximum atomic E-state index is 5.33. The minimum absolute atomic E-state index is 0.827. The number of rotatable bonds is 1. The average Bonchev–Trinajstić information content (AvgIpc) is 2.73. The van der Waals surface area contributed by atoms with Crippen LogP contribution in [0.25, 0.3) is 22.2 Å². The molecule has 0 saturated heterocycles. The molecule has 84 valence electrons. The topological polar surface area (TPSA) is 26.0 Å². The summed E-state index contributed by atoms with van der Waals surface area (Å²) in [6.07, 6.45) is 0. The van der Waals surface area contributed by atoms with Crippen LogP contribution >= 0.6 is 15.9 Å². The van der Waals surface area contributed by atoms with Crippen LogP contribution in [-0.4, -0.2) is 5.16 Å². The van der Waals surface area contributed by atoms with Gasteiger partial charge in [0.2, 0.25) is 0 Å². The molecule has 3 aromatic rings. The number of halogens is 1. The first-order chi connectivity index (χ1) is 8.24. The molecule has 0 aliphatic rings. The molecule has 1 aromatic heterocycles. The standard InChI is InChI=1S/C14H10BrNO/c1-9-2-7-13-12(8-9)14(16-17-13)10-3-5-11(15)6-4-10/h2-8H,1H3. The fraction of sp³-hybridized carbons (Fsp3) is 0.0714. The van der Waals surface area contributed by atoms with Gasteiger partial charge in [-0.05, 0) is 31.2 Å². The first kappa shape index (κ1) is 10.5. The monoisotopic (exact) mass is 287 g/mol. The van der Waals surface area contributed by atoms with Crippen molar-refractivity contribution in [2.45, 2.75) is 6.92 Å². The van der Waals surface area contributed by atoms with Crippen molar-refractivity contribution in [1.29, 1.82) is 0 Å². The molecule has 0 amide bonds. The second-order valence-corrected chi connectivity index (χ2v) is 4.95. The van der Waals surface area contributed by atoms with Crippen LogP contribution in [0.1, 0.15) is 5.56 Å². The second-order valence-electron chi connectivity index (χ2n) is 4.04. The Morgan fingerprint density at radius 2 is 1.82 bits per heavy atom. The smallest absolute Gasteiger partial charge is 0.167 e. The fourth-order valence-corrected chi connectivity index (χ4v) is 2.13. The molecule has 2 aromatic carbocycles. The van der Waals surface area contributed by atoms with Crippen LogP contribution < -0.4 is 0 Å². The third-order valence-electron chi connectivity index (χ3n) is 2.74. The third-order valence-corrected chi connectivity index (χ3v) is 3.27. The summed E-state index contributed by atoms with van der Waals surface area (Å²) in [5.41, 5.74) is 4.00. The summed E-state index contributed by atoms with van der Waals surface area (Å²) in [4.78, 5) is 0. The van der Waals surface area contributed by atoms with E-state index in [1.54, 1.807) is 0 Å². The minimum atomic E-state index is 0.827. The van der Waals surface area contributed by atoms with E-state index in [0.29, 0.717) is 0 Å². The minimum Gasteiger partial charge on any atom is -0.356 e. The Morgan fingerprint density at radius 1 is 1.06 bits per heavy atom. The lowest BCUT2D eigenvalue weighted by atomic mass is 10.1. The Bertz CT molecular complexity index is 670. The van der Waals surface area contributed by atoms with Gasteiger partial charge < -0.3 is 4.52 Å². The molecule has 0 aliphatic carbocycles. The number of aryl methyl sites for hydroxylation is 1. The molecule has 1 heterocycles. The first-order valence-corrected chi connectivity index (χ1v) is 6.15. The average molecular weight is 288 g/mol. The van der Waals surface area contributed by atoms with Gasteiger partial charge in [0.05, 0.1) is 0 Å². The van der Waals surface area contributed by atoms with Gasteiger partial charge in [-0.2, -0.15) is 0 Å². The summed E-state index contributed by atoms with van der Waals surface area (Å²) < 4.78 is 6.39. The van der Waals surface area contributed by atoms with Gasteiger partial charge in [-0.25, -0.2) is 0 Å². The summed E-state index contributed by atoms with van der Waals surface area (Å²) in [6.45, 7) is 2.07. The van der Waals surface area contributed by atoms with Crippen molar-refractivity contribution >= 4 is 26.9 Å². The van der Waals surface area contributed by atoms with Crippen LogP contribution in [0.4, 0.5) is 0 Å². The molecule has 0 unspecified atom stereocenters. The highest BCUT2D eigenvalue weighted by Crippen LogP contribution is 2.29. The van der Waals surface area contributed by atoms with E-state index in [-0.39, 0.29) is 0 Å². The van der Waals surface area contributed by atoms with E-state index in [9.17, 15) is 0 Å². The van der Waals surface area contributed by atoms with Gasteiger partial charge in [-0.1, -0.05) is 44.8 Å². The van der Waals surface area contributed by atoms with E-state index < -0.39 is 0 Å². The molecule has 0 fully saturated rings. The maximum absolute atomic E-state index is 5.33. The van der Waals surface area contributed by atoms with Crippen molar-refractivity contribution in [3.8, 4) is 11.3 Å². The molecule has 0 aliphatic heterocycles. The molecule has 0 bridgehead atoms. The summed E-state index contributed by atoms with van der Waals surface area (Å²) in [6, 6.07) is 14.2. The summed E-state index contributed by atoms with van der Waals surface area (Å²) in [5.74, 6) is 0. The maximum Gasteiger partial charge on any atom is 0.167 e. The van der Waals surface area contributed by atoms with Crippen molar-refractivity contribution in [3.63, 3.8) is 0 Å². The number of hydrogen-bond donors (Lipinski definition) is 0. The predicted octanol–water partition coefficient (Wildman–Crippen LogP) is 4.57. The lowest BCUT2D eigenvalue weighted by molar-refractivity contribution is 0.459. The predicted molar refractivity (Wildman–Crippen MR) is 71.9 cm³/mol. The largest absolute Gasteiger partial charge is 0.356 e. The van der Waals surface area contributed by atoms with E-state index in [0.717, 1.165) is 26.7 Å². The quantitative estimate of drug-likeness (QED) is 0.655. The molecular formula is C14H10BrNO. The molecule has 17 heavy (non-hydrogen) atoms. The first-order valence-electron chi connectivity index (χ1n) is 5.36. The van der Waals surface area contributed by atoms with Gasteiger partial charge >= 0.3 is 0 Å². The highest BCUT2D eigenvalue weighted by Gasteiger charge is 2.09. The SMILES string of the molecule is Cc1ccc2onc(-c3ccc(Br)cc3)c2c1. The molecule has 3 heteroatoms. The van der Waals surface area contributed by atoms with Crippen LogP contribution in [0.3, 0.4) is 0 Å². The highest BCUT2D eigenvalue weighted by atomic mass is 79.9. The zero-order valence-corrected chi connectivity index (χ0v) is 10.9. The molecule has 0 N–H and O–H groups in total. The van der Waals surface area contributed by atoms with E-state index in [4.69, 9.17) is 4.52 Å². The molecular weight excluding hydrogens is 278 g/mol. The van der Waals surface area contributed by atoms with Crippen molar-refractivity contribution in [2.24, 2.45) is 0 Å². The number of nitrogens with zero attached hydrogens (tertiary/aromatic N) is 1. The Balaban J connectivity index is 2.23. The lowest BCUT2D eigenvalue weighted by Gasteiger charge is -1.97. The van der Waals surface area contributed by atoms with Crippen LogP contribution in [-0.2, 0) is 0 Å².